The van der Waals surface area contributed by atoms with E-state index in [1.807, 2.05) is 42.3 Å². The molecule has 0 bridgehead atoms. The van der Waals surface area contributed by atoms with Gasteiger partial charge in [0.15, 0.2) is 17.3 Å². The summed E-state index contributed by atoms with van der Waals surface area (Å²) in [5.41, 5.74) is 3.44. The summed E-state index contributed by atoms with van der Waals surface area (Å²) in [6.45, 7) is 4.16. The molecule has 3 aliphatic rings. The van der Waals surface area contributed by atoms with Gasteiger partial charge >= 0.3 is 0 Å². The van der Waals surface area contributed by atoms with Crippen LogP contribution in [-0.2, 0) is 6.42 Å². The number of aromatic nitrogens is 4. The van der Waals surface area contributed by atoms with Crippen LogP contribution in [0, 0.1) is 0 Å². The third kappa shape index (κ3) is 3.75. The summed E-state index contributed by atoms with van der Waals surface area (Å²) in [5.74, 6) is 2.61. The Balaban J connectivity index is 1.39. The minimum absolute atomic E-state index is 0.0223. The zero-order valence-electron chi connectivity index (χ0n) is 20.7. The minimum atomic E-state index is -0.273. The van der Waals surface area contributed by atoms with Gasteiger partial charge in [0.1, 0.15) is 6.04 Å². The van der Waals surface area contributed by atoms with E-state index in [4.69, 9.17) is 14.2 Å². The molecular weight excluding hydrogens is 462 g/mol. The number of fused-ring (bicyclic) bond motifs is 2. The molecule has 0 spiro atoms. The van der Waals surface area contributed by atoms with Gasteiger partial charge in [-0.15, -0.1) is 5.10 Å². The molecule has 11 heteroatoms. The lowest BCUT2D eigenvalue weighted by Gasteiger charge is -2.34. The molecule has 2 aromatic carbocycles. The fraction of sp³-hybridized carbons (Fsp3) is 0.440. The molecule has 1 fully saturated rings. The maximum atomic E-state index is 13.2. The summed E-state index contributed by atoms with van der Waals surface area (Å²) in [6, 6.07) is 9.26. The molecule has 1 atom stereocenters. The van der Waals surface area contributed by atoms with Crippen molar-refractivity contribution >= 4 is 5.91 Å². The highest BCUT2D eigenvalue weighted by atomic mass is 16.7. The predicted molar refractivity (Wildman–Crippen MR) is 130 cm³/mol. The van der Waals surface area contributed by atoms with Crippen LogP contribution in [0.5, 0.6) is 17.2 Å². The molecule has 0 N–H and O–H groups in total. The van der Waals surface area contributed by atoms with Crippen LogP contribution in [-0.4, -0.2) is 102 Å². The van der Waals surface area contributed by atoms with Crippen LogP contribution in [0.1, 0.15) is 33.4 Å². The molecule has 0 aliphatic carbocycles. The molecule has 4 heterocycles. The predicted octanol–water partition coefficient (Wildman–Crippen LogP) is 1.36. The van der Waals surface area contributed by atoms with Crippen LogP contribution < -0.4 is 14.2 Å². The van der Waals surface area contributed by atoms with E-state index < -0.39 is 0 Å². The molecule has 3 aromatic rings. The molecule has 11 nitrogen and oxygen atoms in total. The number of tetrazole rings is 1. The van der Waals surface area contributed by atoms with Gasteiger partial charge in [0.25, 0.3) is 5.91 Å². The van der Waals surface area contributed by atoms with Crippen molar-refractivity contribution in [2.75, 3.05) is 60.7 Å². The molecule has 1 saturated heterocycles. The SMILES string of the molecule is COc1c2c(cc3c1[C@H](c1nnnn1-c1cccc(C(=O)N4CCN(C)CC4)c1)N(C)CC3)OCO2. The van der Waals surface area contributed by atoms with Gasteiger partial charge in [-0.3, -0.25) is 9.69 Å². The third-order valence-electron chi connectivity index (χ3n) is 7.26. The molecule has 1 amide bonds. The second kappa shape index (κ2) is 9.07. The van der Waals surface area contributed by atoms with Gasteiger partial charge in [-0.05, 0) is 60.8 Å². The van der Waals surface area contributed by atoms with E-state index >= 15 is 0 Å². The number of amides is 1. The number of likely N-dealkylation sites (N-methyl/N-ethyl adjacent to an activating group) is 2. The van der Waals surface area contributed by atoms with Crippen molar-refractivity contribution in [2.24, 2.45) is 0 Å². The molecule has 0 radical (unpaired) electrons. The van der Waals surface area contributed by atoms with E-state index in [0.29, 0.717) is 28.6 Å². The van der Waals surface area contributed by atoms with Gasteiger partial charge in [-0.25, -0.2) is 0 Å². The lowest BCUT2D eigenvalue weighted by molar-refractivity contribution is 0.0664. The first kappa shape index (κ1) is 22.7. The first-order valence-electron chi connectivity index (χ1n) is 12.1. The van der Waals surface area contributed by atoms with Crippen molar-refractivity contribution in [3.8, 4) is 22.9 Å². The van der Waals surface area contributed by atoms with Gasteiger partial charge in [0.05, 0.1) is 12.8 Å². The van der Waals surface area contributed by atoms with Gasteiger partial charge in [-0.1, -0.05) is 6.07 Å². The largest absolute Gasteiger partial charge is 0.492 e. The van der Waals surface area contributed by atoms with Crippen LogP contribution in [0.15, 0.2) is 30.3 Å². The van der Waals surface area contributed by atoms with E-state index in [1.165, 1.54) is 0 Å². The quantitative estimate of drug-likeness (QED) is 0.536. The number of carbonyl (C=O) groups is 1. The molecule has 188 valence electrons. The van der Waals surface area contributed by atoms with Crippen molar-refractivity contribution in [3.05, 3.63) is 52.8 Å². The van der Waals surface area contributed by atoms with Crippen molar-refractivity contribution < 1.29 is 19.0 Å². The Labute approximate surface area is 209 Å². The van der Waals surface area contributed by atoms with E-state index in [0.717, 1.165) is 56.0 Å². The van der Waals surface area contributed by atoms with Crippen molar-refractivity contribution in [1.82, 2.24) is 34.9 Å². The fourth-order valence-electron chi connectivity index (χ4n) is 5.27. The molecule has 1 aromatic heterocycles. The van der Waals surface area contributed by atoms with Crippen LogP contribution in [0.4, 0.5) is 0 Å². The van der Waals surface area contributed by atoms with Crippen molar-refractivity contribution in [2.45, 2.75) is 12.5 Å². The van der Waals surface area contributed by atoms with Gasteiger partial charge < -0.3 is 24.0 Å². The Kier molecular flexibility index (Phi) is 5.73. The van der Waals surface area contributed by atoms with E-state index in [9.17, 15) is 4.79 Å². The zero-order valence-corrected chi connectivity index (χ0v) is 20.7. The van der Waals surface area contributed by atoms with Crippen molar-refractivity contribution in [1.29, 1.82) is 0 Å². The van der Waals surface area contributed by atoms with E-state index in [2.05, 4.69) is 32.4 Å². The number of hydrogen-bond acceptors (Lipinski definition) is 9. The van der Waals surface area contributed by atoms with Crippen LogP contribution >= 0.6 is 0 Å². The average Bonchev–Trinajstić information content (AvgIpc) is 3.57. The maximum absolute atomic E-state index is 13.2. The smallest absolute Gasteiger partial charge is 0.254 e. The van der Waals surface area contributed by atoms with Gasteiger partial charge in [0, 0.05) is 43.9 Å². The molecule has 36 heavy (non-hydrogen) atoms. The normalized spacial score (nSPS) is 19.9. The van der Waals surface area contributed by atoms with Crippen LogP contribution in [0.2, 0.25) is 0 Å². The Morgan fingerprint density at radius 1 is 1.08 bits per heavy atom. The van der Waals surface area contributed by atoms with E-state index in [1.54, 1.807) is 11.8 Å². The molecule has 0 unspecified atom stereocenters. The highest BCUT2D eigenvalue weighted by Crippen LogP contribution is 2.50. The average molecular weight is 492 g/mol. The van der Waals surface area contributed by atoms with Crippen LogP contribution in [0.25, 0.3) is 5.69 Å². The van der Waals surface area contributed by atoms with Crippen LogP contribution in [0.3, 0.4) is 0 Å². The summed E-state index contributed by atoms with van der Waals surface area (Å²) in [4.78, 5) is 19.6. The Hall–Kier alpha value is -3.70. The summed E-state index contributed by atoms with van der Waals surface area (Å²) in [6.07, 6.45) is 0.839. The van der Waals surface area contributed by atoms with Crippen molar-refractivity contribution in [3.63, 3.8) is 0 Å². The van der Waals surface area contributed by atoms with E-state index in [-0.39, 0.29) is 18.7 Å². The van der Waals surface area contributed by atoms with Gasteiger partial charge in [0.2, 0.25) is 12.5 Å². The number of hydrogen-bond donors (Lipinski definition) is 0. The first-order valence-corrected chi connectivity index (χ1v) is 12.1. The number of benzene rings is 2. The fourth-order valence-corrected chi connectivity index (χ4v) is 5.27. The van der Waals surface area contributed by atoms with Gasteiger partial charge in [-0.2, -0.15) is 4.68 Å². The lowest BCUT2D eigenvalue weighted by atomic mass is 9.90. The topological polar surface area (TPSA) is 98.1 Å². The number of ether oxygens (including phenoxy) is 3. The number of rotatable bonds is 4. The Morgan fingerprint density at radius 2 is 1.92 bits per heavy atom. The maximum Gasteiger partial charge on any atom is 0.254 e. The summed E-state index contributed by atoms with van der Waals surface area (Å²) < 4.78 is 18.9. The standard InChI is InChI=1S/C25H29N7O4/c1-29-9-11-31(12-10-29)25(33)17-5-4-6-18(13-17)32-24(26-27-28-32)21-20-16(7-8-30(21)2)14-19-22(23(20)34-3)36-15-35-19/h4-6,13-14,21H,7-12,15H2,1-3H3/t21-/m1/s1. The molecule has 6 rings (SSSR count). The summed E-state index contributed by atoms with van der Waals surface area (Å²) in [5, 5.41) is 12.8. The lowest BCUT2D eigenvalue weighted by Crippen LogP contribution is -2.47. The number of methoxy groups -OCH3 is 1. The second-order valence-corrected chi connectivity index (χ2v) is 9.44. The first-order chi connectivity index (χ1) is 17.5. The zero-order chi connectivity index (χ0) is 24.8. The third-order valence-corrected chi connectivity index (χ3v) is 7.26. The molecule has 0 saturated carbocycles. The number of carbonyl (C=O) groups excluding carboxylic acids is 1. The number of nitrogens with zero attached hydrogens (tertiary/aromatic N) is 7. The second-order valence-electron chi connectivity index (χ2n) is 9.44. The summed E-state index contributed by atoms with van der Waals surface area (Å²) in [7, 11) is 5.76. The minimum Gasteiger partial charge on any atom is -0.492 e. The molecule has 3 aliphatic heterocycles. The Bertz CT molecular complexity index is 1300. The molecular formula is C25H29N7O4. The summed E-state index contributed by atoms with van der Waals surface area (Å²) >= 11 is 0. The highest BCUT2D eigenvalue weighted by molar-refractivity contribution is 5.94. The Morgan fingerprint density at radius 3 is 2.72 bits per heavy atom. The highest BCUT2D eigenvalue weighted by Gasteiger charge is 2.38. The number of piperazine rings is 1. The monoisotopic (exact) mass is 491 g/mol.